The van der Waals surface area contributed by atoms with E-state index >= 15 is 0 Å². The predicted octanol–water partition coefficient (Wildman–Crippen LogP) is 1.73. The van der Waals surface area contributed by atoms with Crippen molar-refractivity contribution >= 4 is 17.7 Å². The molecule has 0 bridgehead atoms. The fourth-order valence-corrected chi connectivity index (χ4v) is 0.483. The van der Waals surface area contributed by atoms with Crippen LogP contribution in [0.15, 0.2) is 37.0 Å². The van der Waals surface area contributed by atoms with E-state index in [1.807, 2.05) is 19.2 Å². The third-order valence-corrected chi connectivity index (χ3v) is 1.42. The van der Waals surface area contributed by atoms with Crippen LogP contribution in [0.5, 0.6) is 0 Å². The molecule has 0 heterocycles. The lowest BCUT2D eigenvalue weighted by molar-refractivity contribution is -0.125. The average molecular weight is 268 g/mol. The van der Waals surface area contributed by atoms with Crippen molar-refractivity contribution in [2.75, 3.05) is 7.05 Å². The van der Waals surface area contributed by atoms with Crippen molar-refractivity contribution in [1.29, 1.82) is 0 Å². The van der Waals surface area contributed by atoms with Gasteiger partial charge in [0.2, 0.25) is 11.8 Å². The molecule has 0 aromatic rings. The molecule has 0 aromatic heterocycles. The number of nitrogens with one attached hydrogen (secondary N) is 2. The van der Waals surface area contributed by atoms with Gasteiger partial charge in [-0.15, -0.1) is 0 Å². The van der Waals surface area contributed by atoms with Crippen molar-refractivity contribution < 1.29 is 14.4 Å². The Hall–Kier alpha value is -2.17. The van der Waals surface area contributed by atoms with Gasteiger partial charge in [-0.25, -0.2) is 0 Å². The maximum atomic E-state index is 10.6. The van der Waals surface area contributed by atoms with Crippen molar-refractivity contribution in [1.82, 2.24) is 10.6 Å². The first-order valence-corrected chi connectivity index (χ1v) is 5.77. The number of likely N-dealkylation sites (N-methyl/N-ethyl adjacent to an activating group) is 1. The topological polar surface area (TPSA) is 75.3 Å². The van der Waals surface area contributed by atoms with Gasteiger partial charge in [-0.1, -0.05) is 33.6 Å². The number of imide groups is 1. The average Bonchev–Trinajstić information content (AvgIpc) is 2.40. The van der Waals surface area contributed by atoms with Gasteiger partial charge >= 0.3 is 0 Å². The van der Waals surface area contributed by atoms with Gasteiger partial charge in [-0.2, -0.15) is 0 Å². The van der Waals surface area contributed by atoms with Gasteiger partial charge in [-0.05, 0) is 19.9 Å². The van der Waals surface area contributed by atoms with Gasteiger partial charge in [0.05, 0.1) is 0 Å². The summed E-state index contributed by atoms with van der Waals surface area (Å²) in [7, 11) is 1.58. The van der Waals surface area contributed by atoms with Gasteiger partial charge < -0.3 is 5.32 Å². The Morgan fingerprint density at radius 3 is 1.47 bits per heavy atom. The zero-order chi connectivity index (χ0) is 16.0. The summed E-state index contributed by atoms with van der Waals surface area (Å²) in [5.41, 5.74) is 0.845. The van der Waals surface area contributed by atoms with Crippen LogP contribution in [-0.4, -0.2) is 24.8 Å². The normalized spacial score (nSPS) is 7.42. The molecular weight excluding hydrogens is 244 g/mol. The molecule has 0 fully saturated rings. The van der Waals surface area contributed by atoms with Crippen LogP contribution in [0, 0.1) is 0 Å². The van der Waals surface area contributed by atoms with Crippen LogP contribution in [0.2, 0.25) is 0 Å². The van der Waals surface area contributed by atoms with Gasteiger partial charge in [0, 0.05) is 18.2 Å². The smallest absolute Gasteiger partial charge is 0.253 e. The van der Waals surface area contributed by atoms with E-state index in [1.165, 1.54) is 6.92 Å². The second-order valence-corrected chi connectivity index (χ2v) is 3.16. The third-order valence-electron chi connectivity index (χ3n) is 1.42. The molecule has 0 aliphatic heterocycles. The summed E-state index contributed by atoms with van der Waals surface area (Å²) in [5, 5.41) is 4.46. The van der Waals surface area contributed by atoms with Crippen molar-refractivity contribution in [3.05, 3.63) is 37.0 Å². The Bertz CT molecular complexity index is 358. The lowest BCUT2D eigenvalue weighted by atomic mass is 10.3. The molecule has 0 aliphatic rings. The van der Waals surface area contributed by atoms with Crippen LogP contribution in [0.25, 0.3) is 0 Å². The molecule has 0 unspecified atom stereocenters. The quantitative estimate of drug-likeness (QED) is 0.765. The molecule has 0 aliphatic carbocycles. The molecule has 0 spiro atoms. The summed E-state index contributed by atoms with van der Waals surface area (Å²) < 4.78 is 0. The summed E-state index contributed by atoms with van der Waals surface area (Å²) in [4.78, 5) is 31.4. The van der Waals surface area contributed by atoms with E-state index in [1.54, 1.807) is 14.0 Å². The molecule has 0 saturated heterocycles. The highest BCUT2D eigenvalue weighted by Crippen LogP contribution is 1.84. The van der Waals surface area contributed by atoms with E-state index in [9.17, 15) is 14.4 Å². The van der Waals surface area contributed by atoms with Crippen LogP contribution in [0.4, 0.5) is 0 Å². The Balaban J connectivity index is -0.000000249. The molecule has 0 radical (unpaired) electrons. The van der Waals surface area contributed by atoms with E-state index in [2.05, 4.69) is 25.1 Å². The highest BCUT2D eigenvalue weighted by atomic mass is 16.2. The van der Waals surface area contributed by atoms with Crippen molar-refractivity contribution in [3.63, 3.8) is 0 Å². The summed E-state index contributed by atoms with van der Waals surface area (Å²) in [6.07, 6.45) is 1.03. The monoisotopic (exact) mass is 268 g/mol. The van der Waals surface area contributed by atoms with Crippen molar-refractivity contribution in [2.24, 2.45) is 0 Å². The zero-order valence-corrected chi connectivity index (χ0v) is 12.4. The minimum Gasteiger partial charge on any atom is -0.355 e. The largest absolute Gasteiger partial charge is 0.355 e. The molecule has 3 amide bonds. The lowest BCUT2D eigenvalue weighted by Gasteiger charge is -1.96. The fraction of sp³-hybridized carbons (Fsp3) is 0.357. The second kappa shape index (κ2) is 13.9. The molecule has 5 heteroatoms. The molecule has 0 aromatic carbocycles. The summed E-state index contributed by atoms with van der Waals surface area (Å²) in [5.74, 6) is -1.07. The van der Waals surface area contributed by atoms with Crippen LogP contribution in [0.1, 0.15) is 27.7 Å². The predicted molar refractivity (Wildman–Crippen MR) is 78.4 cm³/mol. The van der Waals surface area contributed by atoms with Crippen molar-refractivity contribution in [3.8, 4) is 0 Å². The maximum absolute atomic E-state index is 10.6. The maximum Gasteiger partial charge on any atom is 0.253 e. The van der Waals surface area contributed by atoms with E-state index < -0.39 is 11.8 Å². The van der Waals surface area contributed by atoms with Gasteiger partial charge in [0.25, 0.3) is 5.91 Å². The summed E-state index contributed by atoms with van der Waals surface area (Å²) in [6, 6.07) is 0. The van der Waals surface area contributed by atoms with Crippen LogP contribution < -0.4 is 10.6 Å². The number of hydrogen-bond donors (Lipinski definition) is 2. The fourth-order valence-electron chi connectivity index (χ4n) is 0.483. The molecule has 5 nitrogen and oxygen atoms in total. The number of rotatable bonds is 3. The number of carbonyl (C=O) groups is 3. The first kappa shape index (κ1) is 22.0. The molecule has 0 saturated carbocycles. The zero-order valence-electron chi connectivity index (χ0n) is 12.4. The van der Waals surface area contributed by atoms with Gasteiger partial charge in [0.15, 0.2) is 0 Å². The number of carbonyl (C=O) groups excluding carboxylic acids is 3. The minimum atomic E-state index is -0.506. The SMILES string of the molecule is C=C(C)C(=O)NC.C=CC(=O)NC(=O)C(=C)C.CC. The van der Waals surface area contributed by atoms with E-state index in [0.717, 1.165) is 6.08 Å². The lowest BCUT2D eigenvalue weighted by Crippen LogP contribution is -2.28. The highest BCUT2D eigenvalue weighted by molar-refractivity contribution is 6.06. The first-order chi connectivity index (χ1) is 8.76. The molecular formula is C14H24N2O3. The van der Waals surface area contributed by atoms with E-state index in [0.29, 0.717) is 11.1 Å². The minimum absolute atomic E-state index is 0.0972. The van der Waals surface area contributed by atoms with E-state index in [-0.39, 0.29) is 5.91 Å². The summed E-state index contributed by atoms with van der Waals surface area (Å²) >= 11 is 0. The first-order valence-electron chi connectivity index (χ1n) is 5.77. The Labute approximate surface area is 115 Å². The van der Waals surface area contributed by atoms with Gasteiger partial charge in [0.1, 0.15) is 0 Å². The second-order valence-electron chi connectivity index (χ2n) is 3.16. The highest BCUT2D eigenvalue weighted by Gasteiger charge is 2.02. The molecule has 0 atom stereocenters. The molecule has 108 valence electrons. The number of amides is 3. The molecule has 0 rings (SSSR count). The Kier molecular flexibility index (Phi) is 16.1. The molecule has 19 heavy (non-hydrogen) atoms. The van der Waals surface area contributed by atoms with Crippen LogP contribution >= 0.6 is 0 Å². The summed E-state index contributed by atoms with van der Waals surface area (Å²) in [6.45, 7) is 17.1. The van der Waals surface area contributed by atoms with Crippen LogP contribution in [0.3, 0.4) is 0 Å². The molecule has 2 N–H and O–H groups in total. The third kappa shape index (κ3) is 15.8. The Morgan fingerprint density at radius 1 is 0.947 bits per heavy atom. The Morgan fingerprint density at radius 2 is 1.32 bits per heavy atom. The number of hydrogen-bond acceptors (Lipinski definition) is 3. The van der Waals surface area contributed by atoms with Crippen molar-refractivity contribution in [2.45, 2.75) is 27.7 Å². The standard InChI is InChI=1S/C7H9NO2.C5H9NO.C2H6/c1-4-6(9)8-7(10)5(2)3;1-4(2)5(7)6-3;1-2/h4H,1-2H2,3H3,(H,8,9,10);1H2,2-3H3,(H,6,7);1-2H3. The van der Waals surface area contributed by atoms with E-state index in [4.69, 9.17) is 0 Å². The van der Waals surface area contributed by atoms with Gasteiger partial charge in [-0.3, -0.25) is 19.7 Å². The van der Waals surface area contributed by atoms with Crippen LogP contribution in [-0.2, 0) is 14.4 Å².